The molecule has 2 rings (SSSR count). The predicted molar refractivity (Wildman–Crippen MR) is 88.5 cm³/mol. The minimum absolute atomic E-state index is 0.447. The number of nitrogens with zero attached hydrogens (tertiary/aromatic N) is 2. The summed E-state index contributed by atoms with van der Waals surface area (Å²) in [6.45, 7) is 1.86. The topological polar surface area (TPSA) is 38.0 Å². The Morgan fingerprint density at radius 1 is 1.53 bits per heavy atom. The number of benzene rings is 1. The van der Waals surface area contributed by atoms with E-state index in [1.165, 1.54) is 0 Å². The van der Waals surface area contributed by atoms with Crippen LogP contribution in [0.2, 0.25) is 5.02 Å². The van der Waals surface area contributed by atoms with Gasteiger partial charge in [-0.3, -0.25) is 4.68 Å². The van der Waals surface area contributed by atoms with E-state index < -0.39 is 6.10 Å². The fourth-order valence-electron chi connectivity index (χ4n) is 1.96. The number of rotatable bonds is 3. The third-order valence-corrected chi connectivity index (χ3v) is 4.93. The first-order valence-corrected chi connectivity index (χ1v) is 7.96. The van der Waals surface area contributed by atoms with Crippen LogP contribution in [-0.4, -0.2) is 14.9 Å². The maximum Gasteiger partial charge on any atom is 0.0856 e. The van der Waals surface area contributed by atoms with Crippen LogP contribution >= 0.6 is 50.1 Å². The van der Waals surface area contributed by atoms with Crippen LogP contribution in [0, 0.1) is 10.5 Å². The summed E-state index contributed by atoms with van der Waals surface area (Å²) < 4.78 is 3.71. The van der Waals surface area contributed by atoms with Gasteiger partial charge >= 0.3 is 0 Å². The Morgan fingerprint density at radius 2 is 2.21 bits per heavy atom. The van der Waals surface area contributed by atoms with Gasteiger partial charge in [0.05, 0.1) is 22.5 Å². The lowest BCUT2D eigenvalue weighted by Gasteiger charge is -2.14. The van der Waals surface area contributed by atoms with Gasteiger partial charge in [-0.05, 0) is 53.3 Å². The number of halogens is 3. The van der Waals surface area contributed by atoms with E-state index in [1.54, 1.807) is 4.68 Å². The standard InChI is InChI=1S/C13H13BrClIN2O/c1-7-13(15)11(18(2)17-7)6-12(19)9-5-8(14)3-4-10(9)16/h3-5,12,19H,6H2,1-2H3. The van der Waals surface area contributed by atoms with Crippen molar-refractivity contribution in [3.63, 3.8) is 0 Å². The van der Waals surface area contributed by atoms with Gasteiger partial charge in [0, 0.05) is 21.5 Å². The lowest BCUT2D eigenvalue weighted by atomic mass is 10.0. The van der Waals surface area contributed by atoms with Crippen molar-refractivity contribution >= 4 is 50.1 Å². The third-order valence-electron chi connectivity index (χ3n) is 2.97. The van der Waals surface area contributed by atoms with Crippen LogP contribution in [0.25, 0.3) is 0 Å². The molecule has 0 fully saturated rings. The maximum absolute atomic E-state index is 10.4. The van der Waals surface area contributed by atoms with Crippen LogP contribution < -0.4 is 0 Å². The largest absolute Gasteiger partial charge is 0.388 e. The molecule has 0 bridgehead atoms. The fourth-order valence-corrected chi connectivity index (χ4v) is 3.28. The van der Waals surface area contributed by atoms with Crippen molar-refractivity contribution in [1.29, 1.82) is 0 Å². The molecular weight excluding hydrogens is 442 g/mol. The minimum Gasteiger partial charge on any atom is -0.388 e. The zero-order chi connectivity index (χ0) is 14.2. The summed E-state index contributed by atoms with van der Waals surface area (Å²) in [6.07, 6.45) is -0.153. The molecule has 1 aromatic carbocycles. The van der Waals surface area contributed by atoms with Crippen molar-refractivity contribution in [2.75, 3.05) is 0 Å². The van der Waals surface area contributed by atoms with Gasteiger partial charge in [-0.1, -0.05) is 27.5 Å². The van der Waals surface area contributed by atoms with Crippen molar-refractivity contribution in [3.8, 4) is 0 Å². The Kier molecular flexibility index (Phi) is 4.92. The Hall–Kier alpha value is -0.110. The molecule has 0 saturated carbocycles. The normalized spacial score (nSPS) is 12.7. The molecule has 102 valence electrons. The second kappa shape index (κ2) is 6.11. The van der Waals surface area contributed by atoms with Crippen LogP contribution in [0.4, 0.5) is 0 Å². The molecular formula is C13H13BrClIN2O. The second-order valence-electron chi connectivity index (χ2n) is 4.36. The molecule has 1 heterocycles. The molecule has 6 heteroatoms. The van der Waals surface area contributed by atoms with E-state index in [9.17, 15) is 5.11 Å². The van der Waals surface area contributed by atoms with Crippen LogP contribution in [0.5, 0.6) is 0 Å². The van der Waals surface area contributed by atoms with Gasteiger partial charge in [-0.2, -0.15) is 5.10 Å². The summed E-state index contributed by atoms with van der Waals surface area (Å²) in [7, 11) is 1.84. The molecule has 0 radical (unpaired) electrons. The molecule has 1 atom stereocenters. The maximum atomic E-state index is 10.4. The fraction of sp³-hybridized carbons (Fsp3) is 0.308. The average molecular weight is 456 g/mol. The second-order valence-corrected chi connectivity index (χ2v) is 6.81. The quantitative estimate of drug-likeness (QED) is 0.710. The number of aliphatic hydroxyl groups is 1. The van der Waals surface area contributed by atoms with Gasteiger partial charge in [0.25, 0.3) is 0 Å². The van der Waals surface area contributed by atoms with Crippen LogP contribution in [-0.2, 0) is 13.5 Å². The Balaban J connectivity index is 2.30. The first kappa shape index (κ1) is 15.3. The number of aliphatic hydroxyl groups excluding tert-OH is 1. The summed E-state index contributed by atoms with van der Waals surface area (Å²) in [5.41, 5.74) is 2.53. The summed E-state index contributed by atoms with van der Waals surface area (Å²) >= 11 is 11.9. The lowest BCUT2D eigenvalue weighted by Crippen LogP contribution is -2.08. The lowest BCUT2D eigenvalue weighted by molar-refractivity contribution is 0.175. The third kappa shape index (κ3) is 3.32. The molecule has 0 amide bonds. The van der Waals surface area contributed by atoms with E-state index in [4.69, 9.17) is 11.6 Å². The first-order chi connectivity index (χ1) is 8.90. The average Bonchev–Trinajstić information content (AvgIpc) is 2.59. The summed E-state index contributed by atoms with van der Waals surface area (Å²) in [6, 6.07) is 5.86. The highest BCUT2D eigenvalue weighted by Crippen LogP contribution is 2.29. The summed E-state index contributed by atoms with van der Waals surface area (Å²) in [5.74, 6) is 0. The van der Waals surface area contributed by atoms with Crippen LogP contribution in [0.1, 0.15) is 23.1 Å². The first-order valence-electron chi connectivity index (χ1n) is 5.71. The molecule has 19 heavy (non-hydrogen) atoms. The van der Waals surface area contributed by atoms with Gasteiger partial charge in [0.1, 0.15) is 0 Å². The van der Waals surface area contributed by atoms with Crippen molar-refractivity contribution in [3.05, 3.63) is 48.2 Å². The molecule has 0 aliphatic carbocycles. The van der Waals surface area contributed by atoms with Gasteiger partial charge < -0.3 is 5.11 Å². The number of aryl methyl sites for hydroxylation is 2. The van der Waals surface area contributed by atoms with Crippen molar-refractivity contribution in [2.24, 2.45) is 7.05 Å². The molecule has 1 N–H and O–H groups in total. The molecule has 0 aliphatic rings. The molecule has 0 saturated heterocycles. The molecule has 0 spiro atoms. The highest BCUT2D eigenvalue weighted by Gasteiger charge is 2.18. The monoisotopic (exact) mass is 454 g/mol. The molecule has 2 aromatic rings. The smallest absolute Gasteiger partial charge is 0.0856 e. The van der Waals surface area contributed by atoms with Gasteiger partial charge in [-0.15, -0.1) is 0 Å². The van der Waals surface area contributed by atoms with E-state index >= 15 is 0 Å². The van der Waals surface area contributed by atoms with E-state index in [0.717, 1.165) is 25.0 Å². The SMILES string of the molecule is Cc1nn(C)c(CC(O)c2cc(Br)ccc2I)c1Cl. The van der Waals surface area contributed by atoms with Gasteiger partial charge in [0.2, 0.25) is 0 Å². The minimum atomic E-state index is -0.600. The van der Waals surface area contributed by atoms with Gasteiger partial charge in [0.15, 0.2) is 0 Å². The van der Waals surface area contributed by atoms with Crippen molar-refractivity contribution < 1.29 is 5.11 Å². The zero-order valence-corrected chi connectivity index (χ0v) is 15.0. The molecule has 1 aromatic heterocycles. The Labute approximate surface area is 139 Å². The van der Waals surface area contributed by atoms with E-state index in [0.29, 0.717) is 11.4 Å². The Bertz CT molecular complexity index is 615. The highest BCUT2D eigenvalue weighted by molar-refractivity contribution is 14.1. The van der Waals surface area contributed by atoms with E-state index in [-0.39, 0.29) is 0 Å². The Morgan fingerprint density at radius 3 is 2.79 bits per heavy atom. The predicted octanol–water partition coefficient (Wildman–Crippen LogP) is 4.03. The highest BCUT2D eigenvalue weighted by atomic mass is 127. The van der Waals surface area contributed by atoms with Crippen molar-refractivity contribution in [2.45, 2.75) is 19.4 Å². The van der Waals surface area contributed by atoms with Gasteiger partial charge in [-0.25, -0.2) is 0 Å². The number of hydrogen-bond acceptors (Lipinski definition) is 2. The summed E-state index contributed by atoms with van der Waals surface area (Å²) in [5, 5.41) is 15.3. The van der Waals surface area contributed by atoms with E-state index in [2.05, 4.69) is 43.6 Å². The van der Waals surface area contributed by atoms with E-state index in [1.807, 2.05) is 32.2 Å². The molecule has 3 nitrogen and oxygen atoms in total. The van der Waals surface area contributed by atoms with Crippen LogP contribution in [0.3, 0.4) is 0 Å². The summed E-state index contributed by atoms with van der Waals surface area (Å²) in [4.78, 5) is 0. The molecule has 0 aliphatic heterocycles. The molecule has 1 unspecified atom stereocenters. The number of hydrogen-bond donors (Lipinski definition) is 1. The zero-order valence-electron chi connectivity index (χ0n) is 10.5. The van der Waals surface area contributed by atoms with Crippen LogP contribution in [0.15, 0.2) is 22.7 Å². The van der Waals surface area contributed by atoms with Crippen molar-refractivity contribution in [1.82, 2.24) is 9.78 Å². The number of aromatic nitrogens is 2.